The zero-order valence-electron chi connectivity index (χ0n) is 45.6. The fourth-order valence-electron chi connectivity index (χ4n) is 10.7. The first-order valence-electron chi connectivity index (χ1n) is 26.5. The van der Waals surface area contributed by atoms with Crippen molar-refractivity contribution in [1.29, 1.82) is 0 Å². The van der Waals surface area contributed by atoms with Crippen molar-refractivity contribution in [1.82, 2.24) is 4.90 Å². The van der Waals surface area contributed by atoms with Crippen LogP contribution >= 0.6 is 0 Å². The molecular weight excluding hydrogens is 959 g/mol. The van der Waals surface area contributed by atoms with Crippen molar-refractivity contribution in [3.8, 4) is 0 Å². The second-order valence-electron chi connectivity index (χ2n) is 22.0. The number of allylic oxidation sites excluding steroid dienone is 6. The third-order valence-electron chi connectivity index (χ3n) is 16.0. The number of aliphatic hydroxyl groups excluding tert-OH is 4. The molecule has 4 rings (SSSR count). The molecule has 3 fully saturated rings. The summed E-state index contributed by atoms with van der Waals surface area (Å²) in [5, 5.41) is 54.5. The fourth-order valence-corrected chi connectivity index (χ4v) is 10.7. The van der Waals surface area contributed by atoms with Crippen molar-refractivity contribution >= 4 is 35.2 Å². The minimum absolute atomic E-state index is 0.00376. The van der Waals surface area contributed by atoms with Gasteiger partial charge in [-0.2, -0.15) is 0 Å². The van der Waals surface area contributed by atoms with E-state index >= 15 is 0 Å². The predicted molar refractivity (Wildman–Crippen MR) is 272 cm³/mol. The van der Waals surface area contributed by atoms with Crippen LogP contribution in [0.5, 0.6) is 0 Å². The number of ether oxygens (including phenoxy) is 6. The van der Waals surface area contributed by atoms with Crippen LogP contribution in [0, 0.1) is 40.9 Å². The Kier molecular flexibility index (Phi) is 24.0. The zero-order chi connectivity index (χ0) is 55.2. The summed E-state index contributed by atoms with van der Waals surface area (Å²) >= 11 is 0. The fraction of sp³-hybridized carbons (Fsp3) is 0.750. The lowest BCUT2D eigenvalue weighted by molar-refractivity contribution is -0.266. The Labute approximate surface area is 437 Å². The third kappa shape index (κ3) is 15.8. The molecule has 418 valence electrons. The van der Waals surface area contributed by atoms with E-state index in [0.717, 1.165) is 10.5 Å². The van der Waals surface area contributed by atoms with Gasteiger partial charge >= 0.3 is 11.9 Å². The van der Waals surface area contributed by atoms with Gasteiger partial charge in [0.1, 0.15) is 47.9 Å². The molecule has 2 bridgehead atoms. The van der Waals surface area contributed by atoms with Crippen LogP contribution < -0.4 is 0 Å². The van der Waals surface area contributed by atoms with Gasteiger partial charge in [-0.3, -0.25) is 28.9 Å². The number of piperidine rings is 1. The van der Waals surface area contributed by atoms with Crippen LogP contribution in [0.25, 0.3) is 0 Å². The number of ketones is 3. The monoisotopic (exact) mass is 1050 g/mol. The summed E-state index contributed by atoms with van der Waals surface area (Å²) in [6.45, 7) is 12.4. The van der Waals surface area contributed by atoms with Gasteiger partial charge in [-0.25, -0.2) is 4.79 Å². The minimum Gasteiger partial charge on any atom is -0.460 e. The molecular formula is C56H87NO17. The molecule has 0 radical (unpaired) electrons. The van der Waals surface area contributed by atoms with E-state index in [2.05, 4.69) is 0 Å². The van der Waals surface area contributed by atoms with Crippen LogP contribution in [0.3, 0.4) is 0 Å². The Balaban J connectivity index is 1.72. The highest BCUT2D eigenvalue weighted by molar-refractivity contribution is 6.39. The molecule has 0 aromatic heterocycles. The molecule has 1 saturated carbocycles. The normalized spacial score (nSPS) is 38.1. The van der Waals surface area contributed by atoms with Crippen LogP contribution in [0.15, 0.2) is 47.6 Å². The first-order chi connectivity index (χ1) is 34.9. The molecule has 1 amide bonds. The SMILES string of the molecule is CO[C@H]1C[C@@H]2CC[C@@H](C)[C@@](O)(O2)C(=O)C(=O)N2C(O)CCC[C@H]2C(=O)O[C@H]([C@H](C)C[C@@H]2CC[C@@H](OC(=O)C(C)(CO)CO)[C@H](OC)C2)CC(=O)[C@H](C)/C=C(\C)[C@@H](O)[C@@H](OC)C(=O)[C@H](C)C[C@H](C)/C=C/C=C/C=C/1C. The average Bonchev–Trinajstić information content (AvgIpc) is 3.37. The van der Waals surface area contributed by atoms with Gasteiger partial charge in [0.2, 0.25) is 5.79 Å². The minimum atomic E-state index is -2.59. The third-order valence-corrected chi connectivity index (χ3v) is 16.0. The topological polar surface area (TPSA) is 262 Å². The Morgan fingerprint density at radius 3 is 2.18 bits per heavy atom. The molecule has 16 atom stereocenters. The number of cyclic esters (lactones) is 1. The maximum atomic E-state index is 14.6. The van der Waals surface area contributed by atoms with E-state index in [0.29, 0.717) is 50.5 Å². The van der Waals surface area contributed by atoms with Crippen molar-refractivity contribution in [2.75, 3.05) is 34.5 Å². The lowest BCUT2D eigenvalue weighted by atomic mass is 9.78. The lowest BCUT2D eigenvalue weighted by Crippen LogP contribution is -2.62. The van der Waals surface area contributed by atoms with E-state index in [1.54, 1.807) is 33.8 Å². The van der Waals surface area contributed by atoms with Crippen molar-refractivity contribution < 1.29 is 82.7 Å². The molecule has 18 nitrogen and oxygen atoms in total. The number of esters is 2. The number of nitrogens with zero attached hydrogens (tertiary/aromatic N) is 1. The Morgan fingerprint density at radius 1 is 0.851 bits per heavy atom. The second-order valence-corrected chi connectivity index (χ2v) is 22.0. The number of carbonyl (C=O) groups is 6. The number of hydrogen-bond donors (Lipinski definition) is 5. The number of hydrogen-bond acceptors (Lipinski definition) is 17. The van der Waals surface area contributed by atoms with Gasteiger partial charge in [0.25, 0.3) is 11.7 Å². The number of amides is 1. The Hall–Kier alpha value is -3.98. The Morgan fingerprint density at radius 2 is 1.54 bits per heavy atom. The first-order valence-corrected chi connectivity index (χ1v) is 26.5. The average molecular weight is 1050 g/mol. The molecule has 4 aliphatic rings. The summed E-state index contributed by atoms with van der Waals surface area (Å²) < 4.78 is 35.3. The highest BCUT2D eigenvalue weighted by Crippen LogP contribution is 2.39. The van der Waals surface area contributed by atoms with Crippen LogP contribution in [0.4, 0.5) is 0 Å². The second kappa shape index (κ2) is 28.4. The molecule has 74 heavy (non-hydrogen) atoms. The van der Waals surface area contributed by atoms with Gasteiger partial charge in [0.15, 0.2) is 5.78 Å². The highest BCUT2D eigenvalue weighted by atomic mass is 16.6. The molecule has 0 aromatic carbocycles. The lowest BCUT2D eigenvalue weighted by Gasteiger charge is -2.43. The van der Waals surface area contributed by atoms with Gasteiger partial charge < -0.3 is 54.0 Å². The number of Topliss-reactive ketones (excluding diaryl/α,β-unsaturated/α-hetero) is 3. The molecule has 0 aromatic rings. The van der Waals surface area contributed by atoms with E-state index < -0.39 is 127 Å². The largest absolute Gasteiger partial charge is 0.460 e. The van der Waals surface area contributed by atoms with E-state index in [9.17, 15) is 54.3 Å². The summed E-state index contributed by atoms with van der Waals surface area (Å²) in [7, 11) is 4.37. The summed E-state index contributed by atoms with van der Waals surface area (Å²) in [6, 6.07) is -1.47. The number of carbonyl (C=O) groups excluding carboxylic acids is 6. The maximum Gasteiger partial charge on any atom is 0.329 e. The van der Waals surface area contributed by atoms with Gasteiger partial charge in [-0.05, 0) is 114 Å². The molecule has 3 aliphatic heterocycles. The molecule has 18 heteroatoms. The Bertz CT molecular complexity index is 2050. The van der Waals surface area contributed by atoms with Crippen LogP contribution in [-0.2, 0) is 57.2 Å². The molecule has 1 aliphatic carbocycles. The molecule has 2 saturated heterocycles. The summed E-state index contributed by atoms with van der Waals surface area (Å²) in [5.41, 5.74) is -0.358. The van der Waals surface area contributed by atoms with E-state index in [1.165, 1.54) is 28.3 Å². The summed E-state index contributed by atoms with van der Waals surface area (Å²) in [5.74, 6) is -10.4. The van der Waals surface area contributed by atoms with Crippen LogP contribution in [-0.4, -0.2) is 161 Å². The molecule has 1 unspecified atom stereocenters. The number of fused-ring (bicyclic) bond motifs is 3. The standard InChI is InChI=1S/C56H87NO17/c1-32-16-13-12-14-17-33(2)44(69-9)28-40-22-20-38(7)56(68,74-40)51(64)52(65)57-41(18-15-19-47(57)61)53(66)72-45(29-42(60)34(3)25-37(6)49(63)50(71-11)48(62)36(5)24-32)35(4)26-39-21-23-43(46(27-39)70-10)73-54(67)55(8,30-58)31-59/h12-14,16-17,25,32,34-36,38-41,43-47,49-50,58-59,61,63,68H,15,18-24,26-31H2,1-11H3/b14-12+,16-13+,33-17+,37-25+/t32-,34-,35-,36-,38-,39+,40+,41+,43-,44+,45+,46-,47?,49-,50+,56-/m1/s1. The number of aliphatic hydroxyl groups is 5. The molecule has 5 N–H and O–H groups in total. The van der Waals surface area contributed by atoms with E-state index in [-0.39, 0.29) is 55.5 Å². The molecule has 0 spiro atoms. The summed E-state index contributed by atoms with van der Waals surface area (Å²) in [4.78, 5) is 85.1. The van der Waals surface area contributed by atoms with Gasteiger partial charge in [-0.1, -0.05) is 71.1 Å². The predicted octanol–water partition coefficient (Wildman–Crippen LogP) is 5.04. The van der Waals surface area contributed by atoms with Gasteiger partial charge in [0, 0.05) is 51.9 Å². The van der Waals surface area contributed by atoms with E-state index in [4.69, 9.17) is 28.4 Å². The summed E-state index contributed by atoms with van der Waals surface area (Å²) in [6.07, 6.45) is 6.43. The van der Waals surface area contributed by atoms with Crippen molar-refractivity contribution in [3.05, 3.63) is 47.6 Å². The number of rotatable bonds is 10. The van der Waals surface area contributed by atoms with Gasteiger partial charge in [-0.15, -0.1) is 0 Å². The maximum absolute atomic E-state index is 14.6. The zero-order valence-corrected chi connectivity index (χ0v) is 45.6. The van der Waals surface area contributed by atoms with Crippen molar-refractivity contribution in [2.45, 2.75) is 193 Å². The van der Waals surface area contributed by atoms with Crippen molar-refractivity contribution in [2.24, 2.45) is 40.9 Å². The highest BCUT2D eigenvalue weighted by Gasteiger charge is 2.54. The quantitative estimate of drug-likeness (QED) is 0.109. The van der Waals surface area contributed by atoms with Crippen molar-refractivity contribution in [3.63, 3.8) is 0 Å². The van der Waals surface area contributed by atoms with E-state index in [1.807, 2.05) is 51.2 Å². The van der Waals surface area contributed by atoms with Crippen LogP contribution in [0.2, 0.25) is 0 Å². The van der Waals surface area contributed by atoms with Gasteiger partial charge in [0.05, 0.1) is 31.5 Å². The van der Waals surface area contributed by atoms with Crippen LogP contribution in [0.1, 0.15) is 132 Å². The first kappa shape index (κ1) is 62.6. The smallest absolute Gasteiger partial charge is 0.329 e. The molecule has 3 heterocycles. The number of methoxy groups -OCH3 is 3.